The smallest absolute Gasteiger partial charge is 0.179 e. The van der Waals surface area contributed by atoms with Gasteiger partial charge in [-0.15, -0.1) is 10.2 Å². The van der Waals surface area contributed by atoms with Gasteiger partial charge >= 0.3 is 0 Å². The second-order valence-electron chi connectivity index (χ2n) is 4.22. The molecule has 2 aromatic heterocycles. The van der Waals surface area contributed by atoms with Gasteiger partial charge in [0.2, 0.25) is 0 Å². The van der Waals surface area contributed by atoms with Crippen molar-refractivity contribution < 1.29 is 4.74 Å². The van der Waals surface area contributed by atoms with Crippen LogP contribution in [-0.4, -0.2) is 14.6 Å². The summed E-state index contributed by atoms with van der Waals surface area (Å²) in [5, 5.41) is 8.74. The summed E-state index contributed by atoms with van der Waals surface area (Å²) in [6.45, 7) is 2.36. The molecule has 1 aromatic carbocycles. The summed E-state index contributed by atoms with van der Waals surface area (Å²) >= 11 is 6.05. The monoisotopic (exact) mass is 273 g/mol. The van der Waals surface area contributed by atoms with Crippen molar-refractivity contribution in [1.29, 1.82) is 0 Å². The Hall–Kier alpha value is -2.07. The Morgan fingerprint density at radius 2 is 2.00 bits per heavy atom. The number of fused-ring (bicyclic) bond motifs is 1. The number of aromatic nitrogens is 3. The number of nitrogens with zero attached hydrogens (tertiary/aromatic N) is 3. The molecule has 0 N–H and O–H groups in total. The highest BCUT2D eigenvalue weighted by Crippen LogP contribution is 2.19. The molecule has 0 amide bonds. The number of pyridine rings is 1. The third-order valence-corrected chi connectivity index (χ3v) is 3.20. The molecule has 0 aliphatic rings. The van der Waals surface area contributed by atoms with Gasteiger partial charge in [0, 0.05) is 6.20 Å². The Morgan fingerprint density at radius 1 is 1.16 bits per heavy atom. The number of halogens is 1. The molecule has 5 heteroatoms. The molecule has 4 nitrogen and oxygen atoms in total. The van der Waals surface area contributed by atoms with E-state index >= 15 is 0 Å². The topological polar surface area (TPSA) is 39.4 Å². The van der Waals surface area contributed by atoms with Crippen molar-refractivity contribution in [2.75, 3.05) is 0 Å². The van der Waals surface area contributed by atoms with E-state index in [2.05, 4.69) is 10.2 Å². The van der Waals surface area contributed by atoms with Gasteiger partial charge in [-0.05, 0) is 30.7 Å². The van der Waals surface area contributed by atoms with E-state index in [9.17, 15) is 0 Å². The number of rotatable bonds is 3. The van der Waals surface area contributed by atoms with E-state index in [1.54, 1.807) is 6.07 Å². The fraction of sp³-hybridized carbons (Fsp3) is 0.143. The highest BCUT2D eigenvalue weighted by Gasteiger charge is 2.08. The highest BCUT2D eigenvalue weighted by atomic mass is 35.5. The minimum absolute atomic E-state index is 0.354. The SMILES string of the molecule is Cc1ccccc1OCc1nnc2c(Cl)cccn12. The summed E-state index contributed by atoms with van der Waals surface area (Å²) in [4.78, 5) is 0. The molecule has 0 bridgehead atoms. The zero-order chi connectivity index (χ0) is 13.2. The lowest BCUT2D eigenvalue weighted by Gasteiger charge is -2.07. The number of hydrogen-bond acceptors (Lipinski definition) is 3. The number of para-hydroxylation sites is 1. The van der Waals surface area contributed by atoms with Gasteiger partial charge in [-0.1, -0.05) is 29.8 Å². The fourth-order valence-corrected chi connectivity index (χ4v) is 2.09. The van der Waals surface area contributed by atoms with Crippen LogP contribution in [0.3, 0.4) is 0 Å². The summed E-state index contributed by atoms with van der Waals surface area (Å²) in [5.74, 6) is 1.57. The molecule has 0 aliphatic carbocycles. The van der Waals surface area contributed by atoms with E-state index in [1.165, 1.54) is 0 Å². The van der Waals surface area contributed by atoms with Gasteiger partial charge in [-0.2, -0.15) is 0 Å². The van der Waals surface area contributed by atoms with E-state index in [0.29, 0.717) is 17.3 Å². The van der Waals surface area contributed by atoms with Crippen molar-refractivity contribution >= 4 is 17.2 Å². The van der Waals surface area contributed by atoms with Crippen LogP contribution in [0, 0.1) is 6.92 Å². The lowest BCUT2D eigenvalue weighted by Crippen LogP contribution is -2.02. The van der Waals surface area contributed by atoms with Crippen LogP contribution >= 0.6 is 11.6 Å². The van der Waals surface area contributed by atoms with Gasteiger partial charge < -0.3 is 4.74 Å². The maximum absolute atomic E-state index is 6.05. The molecule has 0 aliphatic heterocycles. The van der Waals surface area contributed by atoms with Crippen LogP contribution in [0.5, 0.6) is 5.75 Å². The predicted molar refractivity (Wildman–Crippen MR) is 73.5 cm³/mol. The van der Waals surface area contributed by atoms with Crippen molar-refractivity contribution in [2.45, 2.75) is 13.5 Å². The molecule has 2 heterocycles. The molecule has 3 aromatic rings. The number of ether oxygens (including phenoxy) is 1. The Balaban J connectivity index is 1.87. The van der Waals surface area contributed by atoms with Gasteiger partial charge in [0.25, 0.3) is 0 Å². The van der Waals surface area contributed by atoms with Gasteiger partial charge in [0.05, 0.1) is 5.02 Å². The zero-order valence-electron chi connectivity index (χ0n) is 10.4. The molecule has 0 atom stereocenters. The Bertz CT molecular complexity index is 724. The van der Waals surface area contributed by atoms with Crippen LogP contribution in [0.1, 0.15) is 11.4 Å². The molecule has 96 valence electrons. The number of aryl methyl sites for hydroxylation is 1. The summed E-state index contributed by atoms with van der Waals surface area (Å²) in [6, 6.07) is 11.5. The summed E-state index contributed by atoms with van der Waals surface area (Å²) < 4.78 is 7.60. The van der Waals surface area contributed by atoms with Crippen molar-refractivity contribution in [3.05, 3.63) is 59.0 Å². The standard InChI is InChI=1S/C14H12ClN3O/c1-10-5-2-3-7-12(10)19-9-13-16-17-14-11(15)6-4-8-18(13)14/h2-8H,9H2,1H3. The first-order valence-electron chi connectivity index (χ1n) is 5.92. The molecule has 0 fully saturated rings. The first-order valence-corrected chi connectivity index (χ1v) is 6.30. The number of benzene rings is 1. The summed E-state index contributed by atoms with van der Waals surface area (Å²) in [7, 11) is 0. The van der Waals surface area contributed by atoms with E-state index in [4.69, 9.17) is 16.3 Å². The van der Waals surface area contributed by atoms with Crippen molar-refractivity contribution in [1.82, 2.24) is 14.6 Å². The fourth-order valence-electron chi connectivity index (χ4n) is 1.89. The summed E-state index contributed by atoms with van der Waals surface area (Å²) in [6.07, 6.45) is 1.87. The van der Waals surface area contributed by atoms with Gasteiger partial charge in [-0.3, -0.25) is 4.40 Å². The maximum atomic E-state index is 6.05. The lowest BCUT2D eigenvalue weighted by molar-refractivity contribution is 0.292. The minimum atomic E-state index is 0.354. The Kier molecular flexibility index (Phi) is 3.09. The Labute approximate surface area is 115 Å². The second-order valence-corrected chi connectivity index (χ2v) is 4.63. The van der Waals surface area contributed by atoms with Crippen molar-refractivity contribution in [3.8, 4) is 5.75 Å². The molecule has 3 rings (SSSR count). The van der Waals surface area contributed by atoms with Crippen molar-refractivity contribution in [2.24, 2.45) is 0 Å². The highest BCUT2D eigenvalue weighted by molar-refractivity contribution is 6.33. The molecule has 0 unspecified atom stereocenters. The molecular formula is C14H12ClN3O. The first kappa shape index (κ1) is 12.0. The first-order chi connectivity index (χ1) is 9.25. The van der Waals surface area contributed by atoms with E-state index in [0.717, 1.165) is 17.1 Å². The van der Waals surface area contributed by atoms with Gasteiger partial charge in [0.1, 0.15) is 12.4 Å². The maximum Gasteiger partial charge on any atom is 0.179 e. The van der Waals surface area contributed by atoms with Crippen LogP contribution in [0.2, 0.25) is 5.02 Å². The van der Waals surface area contributed by atoms with Gasteiger partial charge in [0.15, 0.2) is 11.5 Å². The molecule has 0 saturated heterocycles. The van der Waals surface area contributed by atoms with Crippen LogP contribution in [0.4, 0.5) is 0 Å². The number of hydrogen-bond donors (Lipinski definition) is 0. The quantitative estimate of drug-likeness (QED) is 0.735. The average molecular weight is 274 g/mol. The largest absolute Gasteiger partial charge is 0.485 e. The Morgan fingerprint density at radius 3 is 2.84 bits per heavy atom. The molecule has 0 saturated carbocycles. The predicted octanol–water partition coefficient (Wildman–Crippen LogP) is 3.27. The van der Waals surface area contributed by atoms with Crippen molar-refractivity contribution in [3.63, 3.8) is 0 Å². The third-order valence-electron chi connectivity index (χ3n) is 2.91. The van der Waals surface area contributed by atoms with E-state index < -0.39 is 0 Å². The molecule has 0 radical (unpaired) electrons. The second kappa shape index (κ2) is 4.90. The van der Waals surface area contributed by atoms with E-state index in [-0.39, 0.29) is 0 Å². The molecular weight excluding hydrogens is 262 g/mol. The van der Waals surface area contributed by atoms with E-state index in [1.807, 2.05) is 47.9 Å². The summed E-state index contributed by atoms with van der Waals surface area (Å²) in [5.41, 5.74) is 1.74. The molecule has 19 heavy (non-hydrogen) atoms. The van der Waals surface area contributed by atoms with Gasteiger partial charge in [-0.25, -0.2) is 0 Å². The van der Waals surface area contributed by atoms with Crippen LogP contribution in [0.25, 0.3) is 5.65 Å². The van der Waals surface area contributed by atoms with Crippen LogP contribution in [0.15, 0.2) is 42.6 Å². The average Bonchev–Trinajstić information content (AvgIpc) is 2.83. The molecule has 0 spiro atoms. The zero-order valence-corrected chi connectivity index (χ0v) is 11.1. The normalized spacial score (nSPS) is 10.8. The third kappa shape index (κ3) is 2.27. The lowest BCUT2D eigenvalue weighted by atomic mass is 10.2. The van der Waals surface area contributed by atoms with Crippen LogP contribution in [-0.2, 0) is 6.61 Å². The minimum Gasteiger partial charge on any atom is -0.485 e. The van der Waals surface area contributed by atoms with Crippen LogP contribution < -0.4 is 4.74 Å².